The molecule has 1 aliphatic heterocycles. The van der Waals surface area contributed by atoms with Crippen LogP contribution < -0.4 is 5.32 Å². The minimum Gasteiger partial charge on any atom is -0.311 e. The van der Waals surface area contributed by atoms with Crippen LogP contribution in [0.25, 0.3) is 0 Å². The number of likely N-dealkylation sites (tertiary alicyclic amines) is 1. The largest absolute Gasteiger partial charge is 0.311 e. The first-order valence-corrected chi connectivity index (χ1v) is 8.06. The third kappa shape index (κ3) is 6.21. The van der Waals surface area contributed by atoms with Gasteiger partial charge in [-0.2, -0.15) is 0 Å². The summed E-state index contributed by atoms with van der Waals surface area (Å²) in [7, 11) is -0.671. The molecule has 0 spiro atoms. The molecule has 0 aromatic heterocycles. The summed E-state index contributed by atoms with van der Waals surface area (Å²) in [6.45, 7) is 5.14. The van der Waals surface area contributed by atoms with Gasteiger partial charge in [-0.1, -0.05) is 5.92 Å². The summed E-state index contributed by atoms with van der Waals surface area (Å²) in [5.41, 5.74) is 0. The number of terminal acetylenes is 1. The van der Waals surface area contributed by atoms with Gasteiger partial charge in [0.2, 0.25) is 0 Å². The van der Waals surface area contributed by atoms with Crippen molar-refractivity contribution >= 4 is 10.8 Å². The third-order valence-electron chi connectivity index (χ3n) is 3.26. The van der Waals surface area contributed by atoms with E-state index in [9.17, 15) is 4.21 Å². The summed E-state index contributed by atoms with van der Waals surface area (Å²) in [6.07, 6.45) is 10.4. The monoisotopic (exact) mass is 256 g/mol. The van der Waals surface area contributed by atoms with E-state index in [1.807, 2.05) is 0 Å². The van der Waals surface area contributed by atoms with Crippen molar-refractivity contribution in [1.82, 2.24) is 10.2 Å². The highest BCUT2D eigenvalue weighted by molar-refractivity contribution is 7.84. The van der Waals surface area contributed by atoms with E-state index in [1.54, 1.807) is 6.26 Å². The molecule has 1 heterocycles. The molecule has 98 valence electrons. The lowest BCUT2D eigenvalue weighted by molar-refractivity contribution is 0.210. The highest BCUT2D eigenvalue weighted by Crippen LogP contribution is 2.11. The van der Waals surface area contributed by atoms with Crippen molar-refractivity contribution in [3.63, 3.8) is 0 Å². The van der Waals surface area contributed by atoms with Crippen molar-refractivity contribution in [2.24, 2.45) is 0 Å². The first kappa shape index (κ1) is 14.7. The maximum absolute atomic E-state index is 11.0. The molecular weight excluding hydrogens is 232 g/mol. The Morgan fingerprint density at radius 1 is 1.53 bits per heavy atom. The Kier molecular flexibility index (Phi) is 6.79. The van der Waals surface area contributed by atoms with Gasteiger partial charge < -0.3 is 5.32 Å². The number of piperidine rings is 1. The molecule has 1 fully saturated rings. The van der Waals surface area contributed by atoms with Crippen LogP contribution in [0.15, 0.2) is 0 Å². The highest BCUT2D eigenvalue weighted by atomic mass is 32.2. The van der Waals surface area contributed by atoms with Crippen LogP contribution in [0.5, 0.6) is 0 Å². The van der Waals surface area contributed by atoms with Gasteiger partial charge in [-0.25, -0.2) is 0 Å². The molecule has 0 aromatic rings. The Balaban J connectivity index is 2.17. The fraction of sp³-hybridized carbons (Fsp3) is 0.846. The van der Waals surface area contributed by atoms with Crippen molar-refractivity contribution in [3.05, 3.63) is 0 Å². The van der Waals surface area contributed by atoms with Crippen LogP contribution in [0.4, 0.5) is 0 Å². The molecule has 0 aliphatic carbocycles. The summed E-state index contributed by atoms with van der Waals surface area (Å²) >= 11 is 0. The standard InChI is InChI=1S/C13H24N2OS/c1-4-8-15-9-5-13(6-10-15)14-12(2)7-11-17(3)16/h1,12-14H,5-11H2,2-3H3. The molecule has 1 saturated heterocycles. The van der Waals surface area contributed by atoms with Crippen LogP contribution in [0.2, 0.25) is 0 Å². The molecule has 3 nitrogen and oxygen atoms in total. The summed E-state index contributed by atoms with van der Waals surface area (Å²) in [4.78, 5) is 2.32. The first-order valence-electron chi connectivity index (χ1n) is 6.33. The minimum atomic E-state index is -0.671. The molecule has 17 heavy (non-hydrogen) atoms. The first-order chi connectivity index (χ1) is 8.11. The topological polar surface area (TPSA) is 32.3 Å². The molecule has 2 unspecified atom stereocenters. The van der Waals surface area contributed by atoms with E-state index in [1.165, 1.54) is 12.8 Å². The van der Waals surface area contributed by atoms with E-state index in [2.05, 4.69) is 23.1 Å². The summed E-state index contributed by atoms with van der Waals surface area (Å²) in [5.74, 6) is 3.49. The highest BCUT2D eigenvalue weighted by Gasteiger charge is 2.19. The summed E-state index contributed by atoms with van der Waals surface area (Å²) in [5, 5.41) is 3.62. The van der Waals surface area contributed by atoms with Gasteiger partial charge in [0.05, 0.1) is 6.54 Å². The molecule has 0 amide bonds. The maximum atomic E-state index is 11.0. The van der Waals surface area contributed by atoms with Gasteiger partial charge >= 0.3 is 0 Å². The fourth-order valence-corrected chi connectivity index (χ4v) is 2.90. The summed E-state index contributed by atoms with van der Waals surface area (Å²) in [6, 6.07) is 1.06. The van der Waals surface area contributed by atoms with Gasteiger partial charge in [0, 0.05) is 48.0 Å². The van der Waals surface area contributed by atoms with E-state index in [0.717, 1.165) is 31.8 Å². The van der Waals surface area contributed by atoms with Crippen LogP contribution >= 0.6 is 0 Å². The van der Waals surface area contributed by atoms with Crippen molar-refractivity contribution < 1.29 is 4.21 Å². The van der Waals surface area contributed by atoms with E-state index in [4.69, 9.17) is 6.42 Å². The number of hydrogen-bond acceptors (Lipinski definition) is 3. The molecule has 1 aliphatic rings. The zero-order chi connectivity index (χ0) is 12.7. The average molecular weight is 256 g/mol. The fourth-order valence-electron chi connectivity index (χ4n) is 2.22. The molecule has 4 heteroatoms. The van der Waals surface area contributed by atoms with Crippen LogP contribution in [0.3, 0.4) is 0 Å². The SMILES string of the molecule is C#CCN1CCC(NC(C)CCS(C)=O)CC1. The molecule has 2 atom stereocenters. The van der Waals surface area contributed by atoms with E-state index in [-0.39, 0.29) is 0 Å². The number of nitrogens with one attached hydrogen (secondary N) is 1. The van der Waals surface area contributed by atoms with Gasteiger partial charge in [-0.05, 0) is 26.2 Å². The normalized spacial score (nSPS) is 21.9. The van der Waals surface area contributed by atoms with Crippen molar-refractivity contribution in [2.75, 3.05) is 31.6 Å². The molecule has 0 radical (unpaired) electrons. The van der Waals surface area contributed by atoms with Crippen molar-refractivity contribution in [3.8, 4) is 12.3 Å². The smallest absolute Gasteiger partial charge is 0.0598 e. The zero-order valence-electron chi connectivity index (χ0n) is 10.9. The Hall–Kier alpha value is -0.370. The molecule has 1 N–H and O–H groups in total. The second-order valence-electron chi connectivity index (χ2n) is 4.89. The predicted molar refractivity (Wildman–Crippen MR) is 74.4 cm³/mol. The Labute approximate surface area is 108 Å². The number of hydrogen-bond donors (Lipinski definition) is 1. The van der Waals surface area contributed by atoms with E-state index >= 15 is 0 Å². The molecule has 0 aromatic carbocycles. The van der Waals surface area contributed by atoms with Crippen molar-refractivity contribution in [1.29, 1.82) is 0 Å². The lowest BCUT2D eigenvalue weighted by Crippen LogP contribution is -2.45. The van der Waals surface area contributed by atoms with Gasteiger partial charge in [-0.15, -0.1) is 6.42 Å². The third-order valence-corrected chi connectivity index (χ3v) is 4.07. The van der Waals surface area contributed by atoms with Crippen LogP contribution in [-0.2, 0) is 10.8 Å². The maximum Gasteiger partial charge on any atom is 0.0598 e. The van der Waals surface area contributed by atoms with Crippen LogP contribution in [-0.4, -0.2) is 52.8 Å². The lowest BCUT2D eigenvalue weighted by atomic mass is 10.0. The zero-order valence-corrected chi connectivity index (χ0v) is 11.8. The Bertz CT molecular complexity index is 280. The molecular formula is C13H24N2OS. The van der Waals surface area contributed by atoms with Gasteiger partial charge in [0.1, 0.15) is 0 Å². The molecule has 1 rings (SSSR count). The average Bonchev–Trinajstić information content (AvgIpc) is 2.29. The minimum absolute atomic E-state index is 0.461. The number of nitrogens with zero attached hydrogens (tertiary/aromatic N) is 1. The number of rotatable bonds is 6. The van der Waals surface area contributed by atoms with Gasteiger partial charge in [0.25, 0.3) is 0 Å². The molecule has 0 saturated carbocycles. The van der Waals surface area contributed by atoms with Crippen molar-refractivity contribution in [2.45, 2.75) is 38.3 Å². The Morgan fingerprint density at radius 2 is 2.18 bits per heavy atom. The second-order valence-corrected chi connectivity index (χ2v) is 6.44. The van der Waals surface area contributed by atoms with Gasteiger partial charge in [0.15, 0.2) is 0 Å². The lowest BCUT2D eigenvalue weighted by Gasteiger charge is -2.32. The van der Waals surface area contributed by atoms with Gasteiger partial charge in [-0.3, -0.25) is 9.11 Å². The quantitative estimate of drug-likeness (QED) is 0.715. The second kappa shape index (κ2) is 7.86. The van der Waals surface area contributed by atoms with E-state index in [0.29, 0.717) is 12.1 Å². The molecule has 0 bridgehead atoms. The van der Waals surface area contributed by atoms with E-state index < -0.39 is 10.8 Å². The van der Waals surface area contributed by atoms with Crippen LogP contribution in [0, 0.1) is 12.3 Å². The summed E-state index contributed by atoms with van der Waals surface area (Å²) < 4.78 is 11.0. The Morgan fingerprint density at radius 3 is 2.71 bits per heavy atom. The predicted octanol–water partition coefficient (Wildman–Crippen LogP) is 0.831. The van der Waals surface area contributed by atoms with Crippen LogP contribution in [0.1, 0.15) is 26.2 Å².